The zero-order valence-electron chi connectivity index (χ0n) is 17.2. The number of halogens is 1. The molecule has 1 aliphatic rings. The Morgan fingerprint density at radius 1 is 1.27 bits per heavy atom. The van der Waals surface area contributed by atoms with Crippen molar-refractivity contribution < 1.29 is 17.9 Å². The van der Waals surface area contributed by atoms with Crippen LogP contribution in [0.15, 0.2) is 47.4 Å². The number of benzene rings is 2. The topological polar surface area (TPSA) is 75.7 Å². The van der Waals surface area contributed by atoms with Crippen LogP contribution >= 0.6 is 11.6 Å². The van der Waals surface area contributed by atoms with Crippen LogP contribution < -0.4 is 10.1 Å². The van der Waals surface area contributed by atoms with Gasteiger partial charge in [0.2, 0.25) is 15.9 Å². The molecule has 1 fully saturated rings. The molecule has 3 rings (SSSR count). The number of rotatable bonds is 7. The van der Waals surface area contributed by atoms with E-state index in [4.69, 9.17) is 16.3 Å². The van der Waals surface area contributed by atoms with Crippen molar-refractivity contribution in [2.45, 2.75) is 38.1 Å². The van der Waals surface area contributed by atoms with Gasteiger partial charge in [-0.25, -0.2) is 8.42 Å². The third-order valence-corrected chi connectivity index (χ3v) is 7.30. The highest BCUT2D eigenvalue weighted by molar-refractivity contribution is 7.89. The molecular formula is C22H27ClN2O4S. The smallest absolute Gasteiger partial charge is 0.243 e. The second-order valence-corrected chi connectivity index (χ2v) is 9.78. The van der Waals surface area contributed by atoms with Crippen LogP contribution in [0.3, 0.4) is 0 Å². The molecule has 1 heterocycles. The molecule has 1 N–H and O–H groups in total. The highest BCUT2D eigenvalue weighted by Crippen LogP contribution is 2.30. The van der Waals surface area contributed by atoms with E-state index in [-0.39, 0.29) is 28.3 Å². The molecule has 0 radical (unpaired) electrons. The second-order valence-electron chi connectivity index (χ2n) is 7.43. The van der Waals surface area contributed by atoms with Crippen molar-refractivity contribution in [1.29, 1.82) is 0 Å². The number of piperidine rings is 1. The van der Waals surface area contributed by atoms with Crippen LogP contribution in [-0.4, -0.2) is 38.3 Å². The Kier molecular flexibility index (Phi) is 7.39. The minimum atomic E-state index is -3.74. The van der Waals surface area contributed by atoms with E-state index in [1.807, 2.05) is 38.1 Å². The minimum absolute atomic E-state index is 0.108. The highest BCUT2D eigenvalue weighted by atomic mass is 35.5. The van der Waals surface area contributed by atoms with Crippen LogP contribution in [-0.2, 0) is 21.4 Å². The van der Waals surface area contributed by atoms with Crippen LogP contribution in [0.5, 0.6) is 5.75 Å². The lowest BCUT2D eigenvalue weighted by Gasteiger charge is -2.31. The van der Waals surface area contributed by atoms with Crippen LogP contribution in [0.4, 0.5) is 0 Å². The molecule has 162 valence electrons. The lowest BCUT2D eigenvalue weighted by Crippen LogP contribution is -2.45. The summed E-state index contributed by atoms with van der Waals surface area (Å²) in [5.41, 5.74) is 2.15. The van der Waals surface area contributed by atoms with E-state index >= 15 is 0 Å². The summed E-state index contributed by atoms with van der Waals surface area (Å²) in [5, 5.41) is 3.19. The molecule has 0 saturated carbocycles. The van der Waals surface area contributed by atoms with Gasteiger partial charge >= 0.3 is 0 Å². The third-order valence-electron chi connectivity index (χ3n) is 5.15. The average molecular weight is 451 g/mol. The maximum Gasteiger partial charge on any atom is 0.243 e. The molecule has 1 unspecified atom stereocenters. The molecule has 6 nitrogen and oxygen atoms in total. The summed E-state index contributed by atoms with van der Waals surface area (Å²) in [6.07, 6.45) is 1.29. The van der Waals surface area contributed by atoms with Gasteiger partial charge in [-0.1, -0.05) is 41.4 Å². The number of carbonyl (C=O) groups excluding carboxylic acids is 1. The molecule has 1 amide bonds. The van der Waals surface area contributed by atoms with Gasteiger partial charge in [-0.05, 0) is 50.5 Å². The number of aryl methyl sites for hydroxylation is 1. The minimum Gasteiger partial charge on any atom is -0.492 e. The summed E-state index contributed by atoms with van der Waals surface area (Å²) in [4.78, 5) is 12.8. The number of ether oxygens (including phenoxy) is 1. The van der Waals surface area contributed by atoms with E-state index in [1.165, 1.54) is 16.4 Å². The summed E-state index contributed by atoms with van der Waals surface area (Å²) in [5.74, 6) is -0.0530. The largest absolute Gasteiger partial charge is 0.492 e. The molecule has 30 heavy (non-hydrogen) atoms. The lowest BCUT2D eigenvalue weighted by molar-refractivity contribution is -0.126. The quantitative estimate of drug-likeness (QED) is 0.696. The third kappa shape index (κ3) is 5.33. The number of nitrogens with zero attached hydrogens (tertiary/aromatic N) is 1. The van der Waals surface area contributed by atoms with E-state index < -0.39 is 10.0 Å². The summed E-state index contributed by atoms with van der Waals surface area (Å²) in [6, 6.07) is 12.4. The van der Waals surface area contributed by atoms with Crippen molar-refractivity contribution in [3.05, 3.63) is 58.6 Å². The van der Waals surface area contributed by atoms with Gasteiger partial charge in [0.25, 0.3) is 0 Å². The number of hydrogen-bond donors (Lipinski definition) is 1. The summed E-state index contributed by atoms with van der Waals surface area (Å²) >= 11 is 6.17. The fourth-order valence-electron chi connectivity index (χ4n) is 3.59. The fourth-order valence-corrected chi connectivity index (χ4v) is 5.44. The van der Waals surface area contributed by atoms with Gasteiger partial charge in [-0.3, -0.25) is 4.79 Å². The first kappa shape index (κ1) is 22.6. The normalized spacial score (nSPS) is 17.5. The fraction of sp³-hybridized carbons (Fsp3) is 0.409. The molecule has 2 aromatic carbocycles. The van der Waals surface area contributed by atoms with Gasteiger partial charge in [0, 0.05) is 19.6 Å². The predicted molar refractivity (Wildman–Crippen MR) is 117 cm³/mol. The molecule has 1 saturated heterocycles. The Bertz CT molecular complexity index is 1010. The Hall–Kier alpha value is -2.09. The SMILES string of the molecule is CCOc1ccc(S(=O)(=O)N2CCCC(C(=O)NCc3cccc(C)c3)C2)cc1Cl. The van der Waals surface area contributed by atoms with Crippen LogP contribution in [0, 0.1) is 12.8 Å². The number of amides is 1. The van der Waals surface area contributed by atoms with Gasteiger partial charge < -0.3 is 10.1 Å². The van der Waals surface area contributed by atoms with E-state index in [0.29, 0.717) is 38.3 Å². The van der Waals surface area contributed by atoms with E-state index in [1.54, 1.807) is 6.07 Å². The molecule has 0 aromatic heterocycles. The highest BCUT2D eigenvalue weighted by Gasteiger charge is 2.33. The molecule has 8 heteroatoms. The molecule has 1 atom stereocenters. The van der Waals surface area contributed by atoms with Gasteiger partial charge in [0.1, 0.15) is 5.75 Å². The molecule has 0 spiro atoms. The summed E-state index contributed by atoms with van der Waals surface area (Å²) in [6.45, 7) is 5.25. The Balaban J connectivity index is 1.67. The van der Waals surface area contributed by atoms with Crippen LogP contribution in [0.25, 0.3) is 0 Å². The van der Waals surface area contributed by atoms with E-state index in [0.717, 1.165) is 11.1 Å². The predicted octanol–water partition coefficient (Wildman–Crippen LogP) is 3.76. The van der Waals surface area contributed by atoms with Crippen LogP contribution in [0.1, 0.15) is 30.9 Å². The first-order valence-electron chi connectivity index (χ1n) is 10.1. The Labute approximate surface area is 183 Å². The molecule has 2 aromatic rings. The molecule has 1 aliphatic heterocycles. The number of carbonyl (C=O) groups is 1. The summed E-state index contributed by atoms with van der Waals surface area (Å²) in [7, 11) is -3.74. The second kappa shape index (κ2) is 9.81. The number of nitrogens with one attached hydrogen (secondary N) is 1. The maximum absolute atomic E-state index is 13.1. The monoisotopic (exact) mass is 450 g/mol. The molecule has 0 bridgehead atoms. The van der Waals surface area contributed by atoms with E-state index in [2.05, 4.69) is 5.32 Å². The first-order chi connectivity index (χ1) is 14.3. The summed E-state index contributed by atoms with van der Waals surface area (Å²) < 4.78 is 32.9. The zero-order valence-corrected chi connectivity index (χ0v) is 18.8. The molecule has 0 aliphatic carbocycles. The lowest BCUT2D eigenvalue weighted by atomic mass is 9.98. The van der Waals surface area contributed by atoms with E-state index in [9.17, 15) is 13.2 Å². The van der Waals surface area contributed by atoms with Crippen molar-refractivity contribution in [3.8, 4) is 5.75 Å². The standard InChI is InChI=1S/C22H27ClN2O4S/c1-3-29-21-10-9-19(13-20(21)23)30(27,28)25-11-5-8-18(15-25)22(26)24-14-17-7-4-6-16(2)12-17/h4,6-7,9-10,12-13,18H,3,5,8,11,14-15H2,1-2H3,(H,24,26). The van der Waals surface area contributed by atoms with Gasteiger partial charge in [0.05, 0.1) is 22.4 Å². The first-order valence-corrected chi connectivity index (χ1v) is 11.9. The van der Waals surface area contributed by atoms with Crippen molar-refractivity contribution in [2.24, 2.45) is 5.92 Å². The Morgan fingerprint density at radius 2 is 2.07 bits per heavy atom. The van der Waals surface area contributed by atoms with Gasteiger partial charge in [0.15, 0.2) is 0 Å². The van der Waals surface area contributed by atoms with Crippen molar-refractivity contribution in [1.82, 2.24) is 9.62 Å². The van der Waals surface area contributed by atoms with Crippen molar-refractivity contribution in [2.75, 3.05) is 19.7 Å². The number of sulfonamides is 1. The maximum atomic E-state index is 13.1. The van der Waals surface area contributed by atoms with Crippen molar-refractivity contribution >= 4 is 27.5 Å². The molecular weight excluding hydrogens is 424 g/mol. The number of hydrogen-bond acceptors (Lipinski definition) is 4. The zero-order chi connectivity index (χ0) is 21.7. The van der Waals surface area contributed by atoms with Crippen LogP contribution in [0.2, 0.25) is 5.02 Å². The van der Waals surface area contributed by atoms with Gasteiger partial charge in [-0.15, -0.1) is 0 Å². The van der Waals surface area contributed by atoms with Crippen molar-refractivity contribution in [3.63, 3.8) is 0 Å². The average Bonchev–Trinajstić information content (AvgIpc) is 2.73. The Morgan fingerprint density at radius 3 is 2.77 bits per heavy atom. The van der Waals surface area contributed by atoms with Gasteiger partial charge in [-0.2, -0.15) is 4.31 Å².